The summed E-state index contributed by atoms with van der Waals surface area (Å²) >= 11 is 0. The number of amides is 1. The third-order valence-corrected chi connectivity index (χ3v) is 3.86. The van der Waals surface area contributed by atoms with Gasteiger partial charge >= 0.3 is 0 Å². The predicted octanol–water partition coefficient (Wildman–Crippen LogP) is 2.64. The smallest absolute Gasteiger partial charge is 0.225 e. The zero-order chi connectivity index (χ0) is 14.5. The fourth-order valence-electron chi connectivity index (χ4n) is 2.64. The van der Waals surface area contributed by atoms with E-state index < -0.39 is 0 Å². The molecule has 2 atom stereocenters. The fraction of sp³-hybridized carbons (Fsp3) is 0.562. The number of carbonyl (C=O) groups excluding carboxylic acids is 1. The molecule has 118 valence electrons. The first-order chi connectivity index (χ1) is 9.56. The average molecular weight is 315 g/mol. The van der Waals surface area contributed by atoms with Crippen molar-refractivity contribution in [2.24, 2.45) is 5.92 Å². The number of carbonyl (C=O) groups is 1. The van der Waals surface area contributed by atoms with E-state index in [-0.39, 0.29) is 30.0 Å². The SMILES string of the molecule is CC1CN(C(=O)C(C)CCc2cccc(F)c2)CCN1.Cl. The standard InChI is InChI=1S/C16H23FN2O.ClH/c1-12(6-7-14-4-3-5-15(17)10-14)16(20)19-9-8-18-13(2)11-19;/h3-5,10,12-13,18H,6-9,11H2,1-2H3;1H. The topological polar surface area (TPSA) is 32.3 Å². The fourth-order valence-corrected chi connectivity index (χ4v) is 2.64. The highest BCUT2D eigenvalue weighted by atomic mass is 35.5. The molecule has 1 saturated heterocycles. The van der Waals surface area contributed by atoms with Crippen LogP contribution >= 0.6 is 12.4 Å². The Labute approximate surface area is 132 Å². The molecule has 1 N–H and O–H groups in total. The summed E-state index contributed by atoms with van der Waals surface area (Å²) in [6.07, 6.45) is 1.51. The third kappa shape index (κ3) is 5.29. The van der Waals surface area contributed by atoms with Crippen molar-refractivity contribution in [3.8, 4) is 0 Å². The number of aryl methyl sites for hydroxylation is 1. The molecule has 1 heterocycles. The van der Waals surface area contributed by atoms with Crippen LogP contribution in [0.3, 0.4) is 0 Å². The van der Waals surface area contributed by atoms with Gasteiger partial charge in [-0.3, -0.25) is 4.79 Å². The summed E-state index contributed by atoms with van der Waals surface area (Å²) < 4.78 is 13.1. The first-order valence-electron chi connectivity index (χ1n) is 7.33. The summed E-state index contributed by atoms with van der Waals surface area (Å²) in [7, 11) is 0. The maximum atomic E-state index is 13.1. The van der Waals surface area contributed by atoms with Gasteiger partial charge in [-0.15, -0.1) is 12.4 Å². The van der Waals surface area contributed by atoms with E-state index in [1.165, 1.54) is 6.07 Å². The molecule has 0 bridgehead atoms. The van der Waals surface area contributed by atoms with E-state index in [9.17, 15) is 9.18 Å². The molecule has 1 fully saturated rings. The second kappa shape index (κ2) is 8.35. The lowest BCUT2D eigenvalue weighted by molar-refractivity contribution is -0.136. The molecule has 0 saturated carbocycles. The summed E-state index contributed by atoms with van der Waals surface area (Å²) in [6.45, 7) is 6.49. The highest BCUT2D eigenvalue weighted by Gasteiger charge is 2.24. The molecule has 0 aliphatic carbocycles. The van der Waals surface area contributed by atoms with Crippen LogP contribution in [0.4, 0.5) is 4.39 Å². The molecule has 1 aromatic rings. The lowest BCUT2D eigenvalue weighted by Crippen LogP contribution is -2.52. The highest BCUT2D eigenvalue weighted by Crippen LogP contribution is 2.14. The molecule has 1 amide bonds. The van der Waals surface area contributed by atoms with Crippen molar-refractivity contribution in [2.75, 3.05) is 19.6 Å². The van der Waals surface area contributed by atoms with Crippen LogP contribution < -0.4 is 5.32 Å². The van der Waals surface area contributed by atoms with Crippen LogP contribution in [0.2, 0.25) is 0 Å². The summed E-state index contributed by atoms with van der Waals surface area (Å²) in [6, 6.07) is 6.98. The zero-order valence-electron chi connectivity index (χ0n) is 12.6. The van der Waals surface area contributed by atoms with Crippen LogP contribution in [0.1, 0.15) is 25.8 Å². The molecule has 1 aliphatic heterocycles. The normalized spacial score (nSPS) is 19.8. The van der Waals surface area contributed by atoms with Gasteiger partial charge in [0, 0.05) is 31.6 Å². The van der Waals surface area contributed by atoms with Crippen LogP contribution in [0.15, 0.2) is 24.3 Å². The minimum Gasteiger partial charge on any atom is -0.340 e. The van der Waals surface area contributed by atoms with Gasteiger partial charge in [0.25, 0.3) is 0 Å². The van der Waals surface area contributed by atoms with Gasteiger partial charge in [0.05, 0.1) is 0 Å². The lowest BCUT2D eigenvalue weighted by atomic mass is 9.99. The predicted molar refractivity (Wildman–Crippen MR) is 85.2 cm³/mol. The van der Waals surface area contributed by atoms with Gasteiger partial charge in [0.2, 0.25) is 5.91 Å². The van der Waals surface area contributed by atoms with Crippen molar-refractivity contribution in [1.82, 2.24) is 10.2 Å². The minimum atomic E-state index is -0.211. The van der Waals surface area contributed by atoms with Crippen molar-refractivity contribution in [3.05, 3.63) is 35.6 Å². The Morgan fingerprint density at radius 1 is 1.52 bits per heavy atom. The van der Waals surface area contributed by atoms with Crippen LogP contribution in [0, 0.1) is 11.7 Å². The Kier molecular flexibility index (Phi) is 7.12. The Bertz CT molecular complexity index is 469. The van der Waals surface area contributed by atoms with Gasteiger partial charge in [-0.2, -0.15) is 0 Å². The quantitative estimate of drug-likeness (QED) is 0.926. The van der Waals surface area contributed by atoms with Gasteiger partial charge in [0.15, 0.2) is 0 Å². The number of benzene rings is 1. The number of nitrogens with zero attached hydrogens (tertiary/aromatic N) is 1. The van der Waals surface area contributed by atoms with E-state index in [0.717, 1.165) is 38.0 Å². The van der Waals surface area contributed by atoms with Gasteiger partial charge in [-0.05, 0) is 37.5 Å². The number of halogens is 2. The summed E-state index contributed by atoms with van der Waals surface area (Å²) in [5, 5.41) is 3.33. The van der Waals surface area contributed by atoms with Crippen molar-refractivity contribution in [2.45, 2.75) is 32.7 Å². The van der Waals surface area contributed by atoms with Gasteiger partial charge in [0.1, 0.15) is 5.82 Å². The third-order valence-electron chi connectivity index (χ3n) is 3.86. The van der Waals surface area contributed by atoms with Crippen LogP contribution in [0.5, 0.6) is 0 Å². The first kappa shape index (κ1) is 17.9. The van der Waals surface area contributed by atoms with E-state index in [1.807, 2.05) is 17.9 Å². The maximum Gasteiger partial charge on any atom is 0.225 e. The van der Waals surface area contributed by atoms with Gasteiger partial charge in [-0.25, -0.2) is 4.39 Å². The molecule has 3 nitrogen and oxygen atoms in total. The summed E-state index contributed by atoms with van der Waals surface area (Å²) in [5.41, 5.74) is 0.957. The summed E-state index contributed by atoms with van der Waals surface area (Å²) in [5.74, 6) is -0.00395. The van der Waals surface area contributed by atoms with E-state index in [0.29, 0.717) is 6.04 Å². The van der Waals surface area contributed by atoms with Gasteiger partial charge < -0.3 is 10.2 Å². The largest absolute Gasteiger partial charge is 0.340 e. The minimum absolute atomic E-state index is 0. The van der Waals surface area contributed by atoms with Crippen molar-refractivity contribution in [1.29, 1.82) is 0 Å². The highest BCUT2D eigenvalue weighted by molar-refractivity contribution is 5.85. The molecular weight excluding hydrogens is 291 g/mol. The summed E-state index contributed by atoms with van der Waals surface area (Å²) in [4.78, 5) is 14.3. The van der Waals surface area contributed by atoms with E-state index in [4.69, 9.17) is 0 Å². The Morgan fingerprint density at radius 3 is 2.95 bits per heavy atom. The first-order valence-corrected chi connectivity index (χ1v) is 7.33. The number of hydrogen-bond donors (Lipinski definition) is 1. The number of rotatable bonds is 4. The molecule has 1 aromatic carbocycles. The molecule has 21 heavy (non-hydrogen) atoms. The molecule has 0 spiro atoms. The number of hydrogen-bond acceptors (Lipinski definition) is 2. The average Bonchev–Trinajstić information content (AvgIpc) is 2.44. The Balaban J connectivity index is 0.00000220. The molecule has 2 unspecified atom stereocenters. The van der Waals surface area contributed by atoms with Crippen molar-refractivity contribution in [3.63, 3.8) is 0 Å². The number of nitrogens with one attached hydrogen (secondary N) is 1. The molecule has 0 radical (unpaired) electrons. The van der Waals surface area contributed by atoms with E-state index >= 15 is 0 Å². The molecule has 5 heteroatoms. The maximum absolute atomic E-state index is 13.1. The molecule has 1 aliphatic rings. The monoisotopic (exact) mass is 314 g/mol. The zero-order valence-corrected chi connectivity index (χ0v) is 13.5. The Morgan fingerprint density at radius 2 is 2.29 bits per heavy atom. The molecule has 2 rings (SSSR count). The van der Waals surface area contributed by atoms with Crippen LogP contribution in [-0.4, -0.2) is 36.5 Å². The van der Waals surface area contributed by atoms with Crippen molar-refractivity contribution < 1.29 is 9.18 Å². The lowest BCUT2D eigenvalue weighted by Gasteiger charge is -2.33. The van der Waals surface area contributed by atoms with E-state index in [1.54, 1.807) is 12.1 Å². The second-order valence-electron chi connectivity index (χ2n) is 5.71. The Hall–Kier alpha value is -1.13. The van der Waals surface area contributed by atoms with Crippen molar-refractivity contribution >= 4 is 18.3 Å². The van der Waals surface area contributed by atoms with Crippen LogP contribution in [-0.2, 0) is 11.2 Å². The van der Waals surface area contributed by atoms with Crippen LogP contribution in [0.25, 0.3) is 0 Å². The van der Waals surface area contributed by atoms with Gasteiger partial charge in [-0.1, -0.05) is 19.1 Å². The molecule has 0 aromatic heterocycles. The molecular formula is C16H24ClFN2O. The van der Waals surface area contributed by atoms with E-state index in [2.05, 4.69) is 12.2 Å². The second-order valence-corrected chi connectivity index (χ2v) is 5.71. The number of piperazine rings is 1.